The first kappa shape index (κ1) is 19.5. The number of likely N-dealkylation sites (tertiary alicyclic amines) is 1. The standard InChI is InChI=1S/C20H24ClN3O3/c21-17-4-1-3-15(11-17)12-22-19(25)14-24-8-6-16(7-9-24)20(26)23-13-18-5-2-10-27-18/h1-5,10-11,16H,6-9,12-14H2,(H,22,25)(H,23,26). The molecule has 7 heteroatoms. The molecule has 144 valence electrons. The molecule has 0 bridgehead atoms. The van der Waals surface area contributed by atoms with E-state index in [0.29, 0.717) is 24.7 Å². The average Bonchev–Trinajstić information content (AvgIpc) is 3.19. The molecule has 2 aromatic rings. The first-order chi connectivity index (χ1) is 13.1. The summed E-state index contributed by atoms with van der Waals surface area (Å²) in [6.07, 6.45) is 3.11. The second kappa shape index (κ2) is 9.58. The molecule has 1 aromatic heterocycles. The van der Waals surface area contributed by atoms with Gasteiger partial charge in [-0.25, -0.2) is 0 Å². The third-order valence-corrected chi connectivity index (χ3v) is 4.96. The van der Waals surface area contributed by atoms with Crippen molar-refractivity contribution in [2.45, 2.75) is 25.9 Å². The number of rotatable bonds is 7. The van der Waals surface area contributed by atoms with E-state index in [1.807, 2.05) is 30.3 Å². The van der Waals surface area contributed by atoms with E-state index < -0.39 is 0 Å². The van der Waals surface area contributed by atoms with Crippen molar-refractivity contribution in [1.29, 1.82) is 0 Å². The van der Waals surface area contributed by atoms with Gasteiger partial charge in [-0.15, -0.1) is 0 Å². The second-order valence-corrected chi connectivity index (χ2v) is 7.19. The van der Waals surface area contributed by atoms with Crippen molar-refractivity contribution in [2.75, 3.05) is 19.6 Å². The van der Waals surface area contributed by atoms with Crippen molar-refractivity contribution in [1.82, 2.24) is 15.5 Å². The Kier molecular flexibility index (Phi) is 6.90. The Morgan fingerprint density at radius 3 is 2.63 bits per heavy atom. The number of benzene rings is 1. The van der Waals surface area contributed by atoms with Crippen LogP contribution in [0.4, 0.5) is 0 Å². The normalized spacial score (nSPS) is 15.4. The summed E-state index contributed by atoms with van der Waals surface area (Å²) in [6, 6.07) is 11.1. The summed E-state index contributed by atoms with van der Waals surface area (Å²) >= 11 is 5.95. The van der Waals surface area contributed by atoms with Crippen molar-refractivity contribution >= 4 is 23.4 Å². The van der Waals surface area contributed by atoms with Crippen LogP contribution in [0.15, 0.2) is 47.1 Å². The second-order valence-electron chi connectivity index (χ2n) is 6.75. The first-order valence-corrected chi connectivity index (χ1v) is 9.51. The summed E-state index contributed by atoms with van der Waals surface area (Å²) in [5.74, 6) is 0.773. The molecular weight excluding hydrogens is 366 g/mol. The minimum absolute atomic E-state index is 0.00858. The summed E-state index contributed by atoms with van der Waals surface area (Å²) in [4.78, 5) is 26.5. The molecule has 1 aliphatic rings. The van der Waals surface area contributed by atoms with E-state index >= 15 is 0 Å². The Bertz CT molecular complexity index is 756. The van der Waals surface area contributed by atoms with Crippen LogP contribution in [0.25, 0.3) is 0 Å². The van der Waals surface area contributed by atoms with Gasteiger partial charge in [0.2, 0.25) is 11.8 Å². The maximum Gasteiger partial charge on any atom is 0.234 e. The van der Waals surface area contributed by atoms with Gasteiger partial charge in [0.05, 0.1) is 19.4 Å². The van der Waals surface area contributed by atoms with Gasteiger partial charge in [0.1, 0.15) is 5.76 Å². The molecule has 1 aromatic carbocycles. The zero-order valence-electron chi connectivity index (χ0n) is 15.1. The number of furan rings is 1. The van der Waals surface area contributed by atoms with Gasteiger partial charge in [0.25, 0.3) is 0 Å². The number of hydrogen-bond acceptors (Lipinski definition) is 4. The lowest BCUT2D eigenvalue weighted by Crippen LogP contribution is -2.44. The van der Waals surface area contributed by atoms with Gasteiger partial charge in [-0.05, 0) is 55.8 Å². The van der Waals surface area contributed by atoms with Crippen LogP contribution in [0.3, 0.4) is 0 Å². The van der Waals surface area contributed by atoms with Gasteiger partial charge in [-0.2, -0.15) is 0 Å². The lowest BCUT2D eigenvalue weighted by atomic mass is 9.96. The fourth-order valence-electron chi connectivity index (χ4n) is 3.19. The monoisotopic (exact) mass is 389 g/mol. The zero-order valence-corrected chi connectivity index (χ0v) is 15.9. The van der Waals surface area contributed by atoms with Gasteiger partial charge >= 0.3 is 0 Å². The molecule has 6 nitrogen and oxygen atoms in total. The minimum Gasteiger partial charge on any atom is -0.467 e. The van der Waals surface area contributed by atoms with Crippen LogP contribution in [-0.2, 0) is 22.7 Å². The van der Waals surface area contributed by atoms with Crippen molar-refractivity contribution in [3.05, 3.63) is 59.0 Å². The molecule has 0 aliphatic carbocycles. The molecule has 1 fully saturated rings. The number of nitrogens with one attached hydrogen (secondary N) is 2. The number of nitrogens with zero attached hydrogens (tertiary/aromatic N) is 1. The maximum absolute atomic E-state index is 12.2. The van der Waals surface area contributed by atoms with Crippen molar-refractivity contribution in [3.8, 4) is 0 Å². The number of carbonyl (C=O) groups is 2. The molecule has 1 saturated heterocycles. The van der Waals surface area contributed by atoms with Gasteiger partial charge < -0.3 is 15.1 Å². The molecule has 27 heavy (non-hydrogen) atoms. The maximum atomic E-state index is 12.2. The van der Waals surface area contributed by atoms with Crippen LogP contribution < -0.4 is 10.6 Å². The van der Waals surface area contributed by atoms with Crippen LogP contribution >= 0.6 is 11.6 Å². The van der Waals surface area contributed by atoms with Gasteiger partial charge in [0.15, 0.2) is 0 Å². The number of halogens is 1. The highest BCUT2D eigenvalue weighted by atomic mass is 35.5. The van der Waals surface area contributed by atoms with Crippen LogP contribution in [0.2, 0.25) is 5.02 Å². The molecule has 0 radical (unpaired) electrons. The fraction of sp³-hybridized carbons (Fsp3) is 0.400. The third kappa shape index (κ3) is 6.12. The van der Waals surface area contributed by atoms with Crippen molar-refractivity contribution in [3.63, 3.8) is 0 Å². The van der Waals surface area contributed by atoms with Gasteiger partial charge in [-0.1, -0.05) is 23.7 Å². The molecule has 0 saturated carbocycles. The largest absolute Gasteiger partial charge is 0.467 e. The molecular formula is C20H24ClN3O3. The third-order valence-electron chi connectivity index (χ3n) is 4.72. The lowest BCUT2D eigenvalue weighted by molar-refractivity contribution is -0.127. The summed E-state index contributed by atoms with van der Waals surface area (Å²) in [5, 5.41) is 6.49. The smallest absolute Gasteiger partial charge is 0.234 e. The summed E-state index contributed by atoms with van der Waals surface area (Å²) in [6.45, 7) is 2.71. The Hall–Kier alpha value is -2.31. The molecule has 2 N–H and O–H groups in total. The van der Waals surface area contributed by atoms with Crippen molar-refractivity contribution < 1.29 is 14.0 Å². The van der Waals surface area contributed by atoms with E-state index in [0.717, 1.165) is 37.3 Å². The Labute approximate surface area is 163 Å². The summed E-state index contributed by atoms with van der Waals surface area (Å²) in [7, 11) is 0. The molecule has 1 aliphatic heterocycles. The van der Waals surface area contributed by atoms with Gasteiger partial charge in [0, 0.05) is 17.5 Å². The first-order valence-electron chi connectivity index (χ1n) is 9.14. The van der Waals surface area contributed by atoms with E-state index in [1.54, 1.807) is 12.3 Å². The molecule has 0 unspecified atom stereocenters. The van der Waals surface area contributed by atoms with E-state index in [4.69, 9.17) is 16.0 Å². The highest BCUT2D eigenvalue weighted by molar-refractivity contribution is 6.30. The Balaban J connectivity index is 1.35. The van der Waals surface area contributed by atoms with E-state index in [2.05, 4.69) is 15.5 Å². The highest BCUT2D eigenvalue weighted by Crippen LogP contribution is 2.17. The summed E-state index contributed by atoms with van der Waals surface area (Å²) < 4.78 is 5.22. The van der Waals surface area contributed by atoms with E-state index in [1.165, 1.54) is 0 Å². The predicted molar refractivity (Wildman–Crippen MR) is 103 cm³/mol. The molecule has 0 atom stereocenters. The van der Waals surface area contributed by atoms with Crippen LogP contribution in [0.5, 0.6) is 0 Å². The molecule has 3 rings (SSSR count). The number of carbonyl (C=O) groups excluding carboxylic acids is 2. The van der Waals surface area contributed by atoms with Crippen LogP contribution in [0, 0.1) is 5.92 Å². The minimum atomic E-state index is -0.0179. The van der Waals surface area contributed by atoms with Crippen LogP contribution in [-0.4, -0.2) is 36.3 Å². The average molecular weight is 390 g/mol. The summed E-state index contributed by atoms with van der Waals surface area (Å²) in [5.41, 5.74) is 0.975. The Morgan fingerprint density at radius 1 is 1.11 bits per heavy atom. The molecule has 0 spiro atoms. The highest BCUT2D eigenvalue weighted by Gasteiger charge is 2.25. The number of piperidine rings is 1. The van der Waals surface area contributed by atoms with Gasteiger partial charge in [-0.3, -0.25) is 14.5 Å². The van der Waals surface area contributed by atoms with Crippen LogP contribution in [0.1, 0.15) is 24.2 Å². The van der Waals surface area contributed by atoms with E-state index in [-0.39, 0.29) is 17.7 Å². The number of amides is 2. The fourth-order valence-corrected chi connectivity index (χ4v) is 3.40. The molecule has 2 heterocycles. The number of hydrogen-bond donors (Lipinski definition) is 2. The predicted octanol–water partition coefficient (Wildman–Crippen LogP) is 2.58. The van der Waals surface area contributed by atoms with E-state index in [9.17, 15) is 9.59 Å². The SMILES string of the molecule is O=C(CN1CCC(C(=O)NCc2ccco2)CC1)NCc1cccc(Cl)c1. The lowest BCUT2D eigenvalue weighted by Gasteiger charge is -2.30. The Morgan fingerprint density at radius 2 is 1.93 bits per heavy atom. The molecule has 2 amide bonds. The zero-order chi connectivity index (χ0) is 19.1. The quantitative estimate of drug-likeness (QED) is 0.763. The van der Waals surface area contributed by atoms with Crippen molar-refractivity contribution in [2.24, 2.45) is 5.92 Å². The topological polar surface area (TPSA) is 74.6 Å².